The Kier molecular flexibility index (Phi) is 4.05. The van der Waals surface area contributed by atoms with Gasteiger partial charge in [0.25, 0.3) is 0 Å². The van der Waals surface area contributed by atoms with Gasteiger partial charge in [0.1, 0.15) is 5.82 Å². The Morgan fingerprint density at radius 2 is 2.06 bits per heavy atom. The first kappa shape index (κ1) is 12.7. The van der Waals surface area contributed by atoms with Crippen LogP contribution in [0.1, 0.15) is 18.1 Å². The molecule has 0 saturated carbocycles. The minimum absolute atomic E-state index is 0.193. The predicted molar refractivity (Wildman–Crippen MR) is 71.7 cm³/mol. The molecule has 0 aliphatic carbocycles. The third kappa shape index (κ3) is 2.74. The highest BCUT2D eigenvalue weighted by atomic mass is 19.1. The van der Waals surface area contributed by atoms with Crippen LogP contribution in [-0.2, 0) is 6.54 Å². The number of benzene rings is 1. The molecule has 0 spiro atoms. The van der Waals surface area contributed by atoms with Crippen molar-refractivity contribution in [2.75, 3.05) is 6.54 Å². The monoisotopic (exact) mass is 244 g/mol. The number of hydrogen-bond acceptors (Lipinski definition) is 2. The van der Waals surface area contributed by atoms with Gasteiger partial charge >= 0.3 is 0 Å². The van der Waals surface area contributed by atoms with Gasteiger partial charge in [0, 0.05) is 30.1 Å². The van der Waals surface area contributed by atoms with Crippen LogP contribution in [0.5, 0.6) is 0 Å². The topological polar surface area (TPSA) is 24.9 Å². The second-order valence-electron chi connectivity index (χ2n) is 4.29. The van der Waals surface area contributed by atoms with Crippen LogP contribution in [0.4, 0.5) is 4.39 Å². The lowest BCUT2D eigenvalue weighted by molar-refractivity contribution is 0.625. The number of aryl methyl sites for hydroxylation is 1. The minimum atomic E-state index is -0.193. The summed E-state index contributed by atoms with van der Waals surface area (Å²) in [6.45, 7) is 5.57. The molecule has 1 aromatic heterocycles. The van der Waals surface area contributed by atoms with Crippen LogP contribution in [0.3, 0.4) is 0 Å². The number of nitrogens with one attached hydrogen (secondary N) is 1. The first-order valence-electron chi connectivity index (χ1n) is 6.12. The molecule has 0 radical (unpaired) electrons. The summed E-state index contributed by atoms with van der Waals surface area (Å²) in [6.07, 6.45) is 3.42. The first-order chi connectivity index (χ1) is 8.72. The lowest BCUT2D eigenvalue weighted by atomic mass is 10.0. The van der Waals surface area contributed by atoms with Crippen molar-refractivity contribution in [3.63, 3.8) is 0 Å². The summed E-state index contributed by atoms with van der Waals surface area (Å²) in [5.74, 6) is -0.193. The lowest BCUT2D eigenvalue weighted by Gasteiger charge is -2.08. The second kappa shape index (κ2) is 5.74. The van der Waals surface area contributed by atoms with Crippen molar-refractivity contribution in [3.05, 3.63) is 53.6 Å². The molecule has 0 atom stereocenters. The fraction of sp³-hybridized carbons (Fsp3) is 0.267. The summed E-state index contributed by atoms with van der Waals surface area (Å²) in [6, 6.07) is 7.26. The van der Waals surface area contributed by atoms with Crippen molar-refractivity contribution in [1.82, 2.24) is 10.3 Å². The Morgan fingerprint density at radius 1 is 1.22 bits per heavy atom. The van der Waals surface area contributed by atoms with Crippen LogP contribution >= 0.6 is 0 Å². The second-order valence-corrected chi connectivity index (χ2v) is 4.29. The molecule has 0 aliphatic heterocycles. The molecular weight excluding hydrogens is 227 g/mol. The molecule has 0 bridgehead atoms. The molecule has 0 unspecified atom stereocenters. The van der Waals surface area contributed by atoms with Crippen LogP contribution in [0.25, 0.3) is 11.1 Å². The number of rotatable bonds is 4. The smallest absolute Gasteiger partial charge is 0.131 e. The molecule has 2 rings (SSSR count). The zero-order chi connectivity index (χ0) is 13.0. The molecular formula is C15H17FN2. The predicted octanol–water partition coefficient (Wildman–Crippen LogP) is 3.31. The maximum Gasteiger partial charge on any atom is 0.131 e. The number of halogens is 1. The van der Waals surface area contributed by atoms with Gasteiger partial charge in [0.2, 0.25) is 0 Å². The fourth-order valence-corrected chi connectivity index (χ4v) is 1.90. The van der Waals surface area contributed by atoms with E-state index < -0.39 is 0 Å². The maximum absolute atomic E-state index is 14.1. The zero-order valence-electron chi connectivity index (χ0n) is 10.7. The molecule has 0 aliphatic rings. The molecule has 0 amide bonds. The van der Waals surface area contributed by atoms with Crippen molar-refractivity contribution < 1.29 is 4.39 Å². The van der Waals surface area contributed by atoms with Crippen LogP contribution in [0.2, 0.25) is 0 Å². The summed E-state index contributed by atoms with van der Waals surface area (Å²) >= 11 is 0. The van der Waals surface area contributed by atoms with E-state index in [2.05, 4.69) is 10.3 Å². The summed E-state index contributed by atoms with van der Waals surface area (Å²) in [5.41, 5.74) is 3.45. The van der Waals surface area contributed by atoms with Gasteiger partial charge in [-0.25, -0.2) is 4.39 Å². The normalized spacial score (nSPS) is 10.6. The van der Waals surface area contributed by atoms with Crippen LogP contribution in [0.15, 0.2) is 36.7 Å². The van der Waals surface area contributed by atoms with Gasteiger partial charge in [0.15, 0.2) is 0 Å². The summed E-state index contributed by atoms with van der Waals surface area (Å²) < 4.78 is 14.1. The van der Waals surface area contributed by atoms with E-state index in [9.17, 15) is 4.39 Å². The molecule has 0 fully saturated rings. The first-order valence-corrected chi connectivity index (χ1v) is 6.12. The standard InChI is InChI=1S/C15H17FN2/c1-3-17-9-12-4-5-13(15(16)8-12)14-10-18-7-6-11(14)2/h4-8,10,17H,3,9H2,1-2H3. The van der Waals surface area contributed by atoms with Gasteiger partial charge in [-0.15, -0.1) is 0 Å². The molecule has 94 valence electrons. The molecule has 3 heteroatoms. The van der Waals surface area contributed by atoms with Crippen LogP contribution in [0, 0.1) is 12.7 Å². The third-order valence-electron chi connectivity index (χ3n) is 2.94. The van der Waals surface area contributed by atoms with Crippen molar-refractivity contribution in [2.24, 2.45) is 0 Å². The van der Waals surface area contributed by atoms with Crippen molar-refractivity contribution >= 4 is 0 Å². The molecule has 18 heavy (non-hydrogen) atoms. The molecule has 2 aromatic rings. The van der Waals surface area contributed by atoms with Crippen LogP contribution in [-0.4, -0.2) is 11.5 Å². The van der Waals surface area contributed by atoms with Gasteiger partial charge in [-0.1, -0.05) is 19.1 Å². The van der Waals surface area contributed by atoms with E-state index in [1.807, 2.05) is 32.0 Å². The van der Waals surface area contributed by atoms with Crippen molar-refractivity contribution in [1.29, 1.82) is 0 Å². The van der Waals surface area contributed by atoms with E-state index in [4.69, 9.17) is 0 Å². The zero-order valence-corrected chi connectivity index (χ0v) is 10.7. The Morgan fingerprint density at radius 3 is 2.72 bits per heavy atom. The molecule has 2 nitrogen and oxygen atoms in total. The minimum Gasteiger partial charge on any atom is -0.313 e. The quantitative estimate of drug-likeness (QED) is 0.892. The SMILES string of the molecule is CCNCc1ccc(-c2cnccc2C)c(F)c1. The van der Waals surface area contributed by atoms with Gasteiger partial charge in [-0.2, -0.15) is 0 Å². The maximum atomic E-state index is 14.1. The van der Waals surface area contributed by atoms with E-state index in [1.54, 1.807) is 18.5 Å². The summed E-state index contributed by atoms with van der Waals surface area (Å²) in [7, 11) is 0. The van der Waals surface area contributed by atoms with Gasteiger partial charge in [-0.3, -0.25) is 4.98 Å². The Labute approximate surface area is 107 Å². The highest BCUT2D eigenvalue weighted by Gasteiger charge is 2.08. The number of nitrogens with zero attached hydrogens (tertiary/aromatic N) is 1. The highest BCUT2D eigenvalue weighted by Crippen LogP contribution is 2.25. The molecule has 1 aromatic carbocycles. The Balaban J connectivity index is 2.33. The number of hydrogen-bond donors (Lipinski definition) is 1. The van der Waals surface area contributed by atoms with E-state index in [0.29, 0.717) is 12.1 Å². The van der Waals surface area contributed by atoms with E-state index in [-0.39, 0.29) is 5.82 Å². The van der Waals surface area contributed by atoms with Gasteiger partial charge in [0.05, 0.1) is 0 Å². The fourth-order valence-electron chi connectivity index (χ4n) is 1.90. The Bertz CT molecular complexity index is 538. The van der Waals surface area contributed by atoms with E-state index in [1.165, 1.54) is 0 Å². The summed E-state index contributed by atoms with van der Waals surface area (Å²) in [4.78, 5) is 4.06. The highest BCUT2D eigenvalue weighted by molar-refractivity contribution is 5.66. The third-order valence-corrected chi connectivity index (χ3v) is 2.94. The Hall–Kier alpha value is -1.74. The van der Waals surface area contributed by atoms with E-state index >= 15 is 0 Å². The largest absolute Gasteiger partial charge is 0.313 e. The molecule has 1 N–H and O–H groups in total. The molecule has 0 saturated heterocycles. The van der Waals surface area contributed by atoms with Crippen molar-refractivity contribution in [2.45, 2.75) is 20.4 Å². The number of pyridine rings is 1. The van der Waals surface area contributed by atoms with Crippen molar-refractivity contribution in [3.8, 4) is 11.1 Å². The van der Waals surface area contributed by atoms with Gasteiger partial charge in [-0.05, 0) is 36.7 Å². The van der Waals surface area contributed by atoms with E-state index in [0.717, 1.165) is 23.2 Å². The molecule has 1 heterocycles. The van der Waals surface area contributed by atoms with Gasteiger partial charge < -0.3 is 5.32 Å². The summed E-state index contributed by atoms with van der Waals surface area (Å²) in [5, 5.41) is 3.18. The van der Waals surface area contributed by atoms with Crippen LogP contribution < -0.4 is 5.32 Å². The lowest BCUT2D eigenvalue weighted by Crippen LogP contribution is -2.11. The number of aromatic nitrogens is 1. The average Bonchev–Trinajstić information content (AvgIpc) is 2.38. The average molecular weight is 244 g/mol.